The minimum atomic E-state index is -3.72. The minimum Gasteiger partial charge on any atom is -0.310 e. The molecular weight excluding hydrogens is 303 g/mol. The third-order valence-corrected chi connectivity index (χ3v) is 5.84. The van der Waals surface area contributed by atoms with Crippen LogP contribution >= 0.6 is 12.4 Å². The van der Waals surface area contributed by atoms with Crippen LogP contribution in [-0.2, 0) is 10.0 Å². The summed E-state index contributed by atoms with van der Waals surface area (Å²) in [5, 5.41) is 3.42. The van der Waals surface area contributed by atoms with Crippen molar-refractivity contribution >= 4 is 22.4 Å². The molecule has 2 aliphatic rings. The average Bonchev–Trinajstić information content (AvgIpc) is 2.68. The molecule has 1 aromatic rings. The summed E-state index contributed by atoms with van der Waals surface area (Å²) in [4.78, 5) is -0.215. The molecule has 2 unspecified atom stereocenters. The van der Waals surface area contributed by atoms with E-state index in [1.165, 1.54) is 22.5 Å². The van der Waals surface area contributed by atoms with Crippen LogP contribution in [0.15, 0.2) is 29.2 Å². The van der Waals surface area contributed by atoms with Crippen molar-refractivity contribution < 1.29 is 12.8 Å². The third-order valence-electron chi connectivity index (χ3n) is 3.94. The SMILES string of the molecule is Cl.O=S(=O)(c1ccccc1F)N1CCC2CCC(C1)N2. The number of hydrogen-bond donors (Lipinski definition) is 1. The van der Waals surface area contributed by atoms with Crippen LogP contribution in [0.2, 0.25) is 0 Å². The summed E-state index contributed by atoms with van der Waals surface area (Å²) in [6.45, 7) is 0.901. The van der Waals surface area contributed by atoms with Gasteiger partial charge < -0.3 is 5.32 Å². The van der Waals surface area contributed by atoms with Gasteiger partial charge in [0.05, 0.1) is 0 Å². The van der Waals surface area contributed by atoms with E-state index in [0.29, 0.717) is 19.1 Å². The molecule has 0 aliphatic carbocycles. The Balaban J connectivity index is 0.00000147. The summed E-state index contributed by atoms with van der Waals surface area (Å²) < 4.78 is 40.1. The zero-order valence-electron chi connectivity index (χ0n) is 11.0. The van der Waals surface area contributed by atoms with Crippen LogP contribution in [0.25, 0.3) is 0 Å². The quantitative estimate of drug-likeness (QED) is 0.903. The Morgan fingerprint density at radius 2 is 1.85 bits per heavy atom. The molecule has 3 rings (SSSR count). The van der Waals surface area contributed by atoms with Crippen LogP contribution in [0.3, 0.4) is 0 Å². The number of fused-ring (bicyclic) bond motifs is 2. The minimum absolute atomic E-state index is 0. The standard InChI is InChI=1S/C13H17FN2O2S.ClH/c14-12-3-1-2-4-13(12)19(17,18)16-8-7-10-5-6-11(9-16)15-10;/h1-4,10-11,15H,5-9H2;1H. The van der Waals surface area contributed by atoms with Crippen LogP contribution in [0.1, 0.15) is 19.3 Å². The van der Waals surface area contributed by atoms with E-state index < -0.39 is 15.8 Å². The van der Waals surface area contributed by atoms with Crippen molar-refractivity contribution in [2.45, 2.75) is 36.2 Å². The Morgan fingerprint density at radius 1 is 1.15 bits per heavy atom. The summed E-state index contributed by atoms with van der Waals surface area (Å²) in [5.41, 5.74) is 0. The second-order valence-corrected chi connectivity index (χ2v) is 7.13. The molecule has 0 radical (unpaired) electrons. The second kappa shape index (κ2) is 5.97. The molecule has 2 bridgehead atoms. The summed E-state index contributed by atoms with van der Waals surface area (Å²) in [7, 11) is -3.72. The highest BCUT2D eigenvalue weighted by molar-refractivity contribution is 7.89. The highest BCUT2D eigenvalue weighted by Crippen LogP contribution is 2.26. The van der Waals surface area contributed by atoms with Crippen LogP contribution in [0.5, 0.6) is 0 Å². The average molecular weight is 321 g/mol. The molecule has 1 aromatic carbocycles. The van der Waals surface area contributed by atoms with E-state index in [-0.39, 0.29) is 23.3 Å². The van der Waals surface area contributed by atoms with Gasteiger partial charge in [0, 0.05) is 25.2 Å². The predicted octanol–water partition coefficient (Wildman–Crippen LogP) is 1.76. The lowest BCUT2D eigenvalue weighted by Gasteiger charge is -2.23. The number of halogens is 2. The first-order valence-electron chi connectivity index (χ1n) is 6.58. The van der Waals surface area contributed by atoms with Crippen molar-refractivity contribution in [3.8, 4) is 0 Å². The molecule has 1 N–H and O–H groups in total. The first-order valence-corrected chi connectivity index (χ1v) is 8.02. The highest BCUT2D eigenvalue weighted by Gasteiger charge is 2.35. The lowest BCUT2D eigenvalue weighted by molar-refractivity contribution is 0.381. The van der Waals surface area contributed by atoms with Crippen LogP contribution < -0.4 is 5.32 Å². The molecule has 2 heterocycles. The van der Waals surface area contributed by atoms with Gasteiger partial charge in [0.25, 0.3) is 0 Å². The highest BCUT2D eigenvalue weighted by atomic mass is 35.5. The molecule has 0 spiro atoms. The van der Waals surface area contributed by atoms with Gasteiger partial charge in [0.15, 0.2) is 0 Å². The van der Waals surface area contributed by atoms with E-state index >= 15 is 0 Å². The lowest BCUT2D eigenvalue weighted by Crippen LogP contribution is -2.39. The topological polar surface area (TPSA) is 49.4 Å². The molecule has 7 heteroatoms. The van der Waals surface area contributed by atoms with E-state index in [0.717, 1.165) is 19.3 Å². The van der Waals surface area contributed by atoms with Crippen molar-refractivity contribution in [2.75, 3.05) is 13.1 Å². The molecule has 0 amide bonds. The van der Waals surface area contributed by atoms with Gasteiger partial charge in [-0.25, -0.2) is 12.8 Å². The predicted molar refractivity (Wildman–Crippen MR) is 77.0 cm³/mol. The van der Waals surface area contributed by atoms with E-state index in [1.807, 2.05) is 0 Å². The Bertz CT molecular complexity index is 581. The Labute approximate surface area is 124 Å². The van der Waals surface area contributed by atoms with E-state index in [9.17, 15) is 12.8 Å². The van der Waals surface area contributed by atoms with Crippen LogP contribution in [0, 0.1) is 5.82 Å². The van der Waals surface area contributed by atoms with Crippen LogP contribution in [-0.4, -0.2) is 37.9 Å². The second-order valence-electron chi connectivity index (χ2n) is 5.22. The Morgan fingerprint density at radius 3 is 2.60 bits per heavy atom. The molecule has 2 atom stereocenters. The summed E-state index contributed by atoms with van der Waals surface area (Å²) in [5.74, 6) is -0.676. The molecule has 20 heavy (non-hydrogen) atoms. The number of sulfonamides is 1. The summed E-state index contributed by atoms with van der Waals surface area (Å²) >= 11 is 0. The Kier molecular flexibility index (Phi) is 4.69. The monoisotopic (exact) mass is 320 g/mol. The fourth-order valence-electron chi connectivity index (χ4n) is 2.92. The summed E-state index contributed by atoms with van der Waals surface area (Å²) in [6.07, 6.45) is 2.90. The number of benzene rings is 1. The number of nitrogens with one attached hydrogen (secondary N) is 1. The maximum atomic E-state index is 13.7. The smallest absolute Gasteiger partial charge is 0.246 e. The van der Waals surface area contributed by atoms with E-state index in [4.69, 9.17) is 0 Å². The Hall–Kier alpha value is -0.690. The molecule has 4 nitrogen and oxygen atoms in total. The number of hydrogen-bond acceptors (Lipinski definition) is 3. The van der Waals surface area contributed by atoms with Gasteiger partial charge in [-0.05, 0) is 31.4 Å². The van der Waals surface area contributed by atoms with Crippen molar-refractivity contribution in [2.24, 2.45) is 0 Å². The molecule has 112 valence electrons. The van der Waals surface area contributed by atoms with Gasteiger partial charge in [-0.1, -0.05) is 12.1 Å². The van der Waals surface area contributed by atoms with Gasteiger partial charge in [-0.3, -0.25) is 0 Å². The van der Waals surface area contributed by atoms with Gasteiger partial charge in [0.2, 0.25) is 10.0 Å². The van der Waals surface area contributed by atoms with E-state index in [2.05, 4.69) is 5.32 Å². The van der Waals surface area contributed by atoms with Gasteiger partial charge in [-0.15, -0.1) is 12.4 Å². The van der Waals surface area contributed by atoms with Crippen molar-refractivity contribution in [1.29, 1.82) is 0 Å². The molecule has 0 saturated carbocycles. The first kappa shape index (κ1) is 15.7. The molecule has 2 aliphatic heterocycles. The molecule has 2 saturated heterocycles. The third kappa shape index (κ3) is 2.83. The van der Waals surface area contributed by atoms with Gasteiger partial charge in [-0.2, -0.15) is 4.31 Å². The maximum Gasteiger partial charge on any atom is 0.246 e. The molecule has 0 aromatic heterocycles. The fraction of sp³-hybridized carbons (Fsp3) is 0.538. The van der Waals surface area contributed by atoms with Crippen molar-refractivity contribution in [3.63, 3.8) is 0 Å². The zero-order chi connectivity index (χ0) is 13.5. The summed E-state index contributed by atoms with van der Waals surface area (Å²) in [6, 6.07) is 6.19. The zero-order valence-corrected chi connectivity index (χ0v) is 12.6. The number of nitrogens with zero attached hydrogens (tertiary/aromatic N) is 1. The van der Waals surface area contributed by atoms with Crippen LogP contribution in [0.4, 0.5) is 4.39 Å². The normalized spacial score (nSPS) is 26.9. The molecular formula is C13H18ClFN2O2S. The molecule has 2 fully saturated rings. The van der Waals surface area contributed by atoms with E-state index in [1.54, 1.807) is 6.07 Å². The largest absolute Gasteiger partial charge is 0.310 e. The van der Waals surface area contributed by atoms with Gasteiger partial charge in [0.1, 0.15) is 10.7 Å². The first-order chi connectivity index (χ1) is 9.07. The maximum absolute atomic E-state index is 13.7. The van der Waals surface area contributed by atoms with Crippen molar-refractivity contribution in [1.82, 2.24) is 9.62 Å². The van der Waals surface area contributed by atoms with Gasteiger partial charge >= 0.3 is 0 Å². The van der Waals surface area contributed by atoms with Crippen molar-refractivity contribution in [3.05, 3.63) is 30.1 Å². The number of rotatable bonds is 2. The fourth-order valence-corrected chi connectivity index (χ4v) is 4.49. The lowest BCUT2D eigenvalue weighted by atomic mass is 10.1.